The van der Waals surface area contributed by atoms with Gasteiger partial charge < -0.3 is 19.5 Å². The molecule has 0 spiro atoms. The molecule has 2 rings (SSSR count). The molecule has 0 bridgehead atoms. The Morgan fingerprint density at radius 3 is 2.35 bits per heavy atom. The average Bonchev–Trinajstić information content (AvgIpc) is 3.30. The van der Waals surface area contributed by atoms with Crippen molar-refractivity contribution in [2.45, 2.75) is 38.1 Å². The second-order valence-electron chi connectivity index (χ2n) is 5.18. The van der Waals surface area contributed by atoms with Crippen LogP contribution in [0.25, 0.3) is 0 Å². The Hall–Kier alpha value is -1.42. The normalized spacial score (nSPS) is 14.2. The van der Waals surface area contributed by atoms with Gasteiger partial charge in [-0.1, -0.05) is 6.07 Å². The van der Waals surface area contributed by atoms with Crippen LogP contribution in [0.3, 0.4) is 0 Å². The highest BCUT2D eigenvalue weighted by Crippen LogP contribution is 2.40. The monoisotopic (exact) mass is 279 g/mol. The van der Waals surface area contributed by atoms with E-state index in [0.29, 0.717) is 11.5 Å². The summed E-state index contributed by atoms with van der Waals surface area (Å²) in [6.45, 7) is 1.11. The summed E-state index contributed by atoms with van der Waals surface area (Å²) in [6, 6.07) is 4.80. The smallest absolute Gasteiger partial charge is 0.203 e. The van der Waals surface area contributed by atoms with Gasteiger partial charge in [0.1, 0.15) is 0 Å². The summed E-state index contributed by atoms with van der Waals surface area (Å²) in [7, 11) is 4.96. The molecule has 0 radical (unpaired) electrons. The SMILES string of the molecule is COc1ccc(CCCCNC2CC2)c(OC)c1OC. The van der Waals surface area contributed by atoms with Crippen LogP contribution in [0.5, 0.6) is 17.2 Å². The van der Waals surface area contributed by atoms with Gasteiger partial charge in [0, 0.05) is 6.04 Å². The molecule has 0 amide bonds. The molecule has 0 atom stereocenters. The third kappa shape index (κ3) is 3.79. The lowest BCUT2D eigenvalue weighted by Crippen LogP contribution is -2.17. The number of nitrogens with one attached hydrogen (secondary N) is 1. The molecule has 20 heavy (non-hydrogen) atoms. The van der Waals surface area contributed by atoms with E-state index in [-0.39, 0.29) is 0 Å². The molecular formula is C16H25NO3. The predicted molar refractivity (Wildman–Crippen MR) is 80.1 cm³/mol. The highest BCUT2D eigenvalue weighted by atomic mass is 16.5. The van der Waals surface area contributed by atoms with E-state index < -0.39 is 0 Å². The first-order valence-electron chi connectivity index (χ1n) is 7.31. The molecular weight excluding hydrogens is 254 g/mol. The molecule has 0 saturated heterocycles. The van der Waals surface area contributed by atoms with Crippen molar-refractivity contribution < 1.29 is 14.2 Å². The van der Waals surface area contributed by atoms with E-state index in [9.17, 15) is 0 Å². The Morgan fingerprint density at radius 2 is 1.75 bits per heavy atom. The summed E-state index contributed by atoms with van der Waals surface area (Å²) in [5.74, 6) is 2.19. The third-order valence-electron chi connectivity index (χ3n) is 3.67. The largest absolute Gasteiger partial charge is 0.493 e. The van der Waals surface area contributed by atoms with Crippen LogP contribution in [-0.2, 0) is 6.42 Å². The molecule has 4 heteroatoms. The highest BCUT2D eigenvalue weighted by molar-refractivity contribution is 5.55. The standard InChI is InChI=1S/C16H25NO3/c1-18-14-10-7-12(15(19-2)16(14)20-3)6-4-5-11-17-13-8-9-13/h7,10,13,17H,4-6,8-9,11H2,1-3H3. The summed E-state index contributed by atoms with van der Waals surface area (Å²) in [4.78, 5) is 0. The van der Waals surface area contributed by atoms with Crippen LogP contribution in [-0.4, -0.2) is 33.9 Å². The number of methoxy groups -OCH3 is 3. The second-order valence-corrected chi connectivity index (χ2v) is 5.18. The van der Waals surface area contributed by atoms with Crippen molar-refractivity contribution in [2.75, 3.05) is 27.9 Å². The van der Waals surface area contributed by atoms with Crippen LogP contribution in [0, 0.1) is 0 Å². The first kappa shape index (κ1) is 15.0. The van der Waals surface area contributed by atoms with E-state index in [1.54, 1.807) is 21.3 Å². The fraction of sp³-hybridized carbons (Fsp3) is 0.625. The zero-order valence-corrected chi connectivity index (χ0v) is 12.7. The second kappa shape index (κ2) is 7.39. The minimum atomic E-state index is 0.684. The molecule has 0 aliphatic heterocycles. The summed E-state index contributed by atoms with van der Waals surface area (Å²) in [5, 5.41) is 3.54. The van der Waals surface area contributed by atoms with Gasteiger partial charge >= 0.3 is 0 Å². The van der Waals surface area contributed by atoms with Gasteiger partial charge in [-0.25, -0.2) is 0 Å². The summed E-state index contributed by atoms with van der Waals surface area (Å²) in [5.41, 5.74) is 1.18. The van der Waals surface area contributed by atoms with Gasteiger partial charge in [-0.2, -0.15) is 0 Å². The van der Waals surface area contributed by atoms with Gasteiger partial charge in [-0.05, 0) is 50.3 Å². The Bertz CT molecular complexity index is 430. The molecule has 1 aromatic rings. The molecule has 0 unspecified atom stereocenters. The lowest BCUT2D eigenvalue weighted by Gasteiger charge is -2.15. The third-order valence-corrected chi connectivity index (χ3v) is 3.67. The number of hydrogen-bond acceptors (Lipinski definition) is 4. The lowest BCUT2D eigenvalue weighted by molar-refractivity contribution is 0.322. The molecule has 1 saturated carbocycles. The first-order valence-corrected chi connectivity index (χ1v) is 7.31. The van der Waals surface area contributed by atoms with E-state index in [4.69, 9.17) is 14.2 Å². The Labute approximate surface area is 121 Å². The predicted octanol–water partition coefficient (Wildman–Crippen LogP) is 2.79. The van der Waals surface area contributed by atoms with Crippen molar-refractivity contribution >= 4 is 0 Å². The molecule has 1 aromatic carbocycles. The fourth-order valence-corrected chi connectivity index (χ4v) is 2.39. The molecule has 1 N–H and O–H groups in total. The molecule has 1 fully saturated rings. The minimum Gasteiger partial charge on any atom is -0.493 e. The number of ether oxygens (including phenoxy) is 3. The first-order chi connectivity index (χ1) is 9.80. The fourth-order valence-electron chi connectivity index (χ4n) is 2.39. The van der Waals surface area contributed by atoms with E-state index in [0.717, 1.165) is 31.2 Å². The van der Waals surface area contributed by atoms with Crippen LogP contribution in [0.4, 0.5) is 0 Å². The highest BCUT2D eigenvalue weighted by Gasteiger charge is 2.19. The molecule has 112 valence electrons. The van der Waals surface area contributed by atoms with E-state index in [2.05, 4.69) is 11.4 Å². The average molecular weight is 279 g/mol. The Balaban J connectivity index is 1.91. The van der Waals surface area contributed by atoms with Crippen molar-refractivity contribution in [2.24, 2.45) is 0 Å². The molecule has 4 nitrogen and oxygen atoms in total. The quantitative estimate of drug-likeness (QED) is 0.706. The van der Waals surface area contributed by atoms with Gasteiger partial charge in [-0.15, -0.1) is 0 Å². The summed E-state index contributed by atoms with van der Waals surface area (Å²) in [6.07, 6.45) is 6.03. The molecule has 1 aliphatic carbocycles. The summed E-state index contributed by atoms with van der Waals surface area (Å²) >= 11 is 0. The zero-order valence-electron chi connectivity index (χ0n) is 12.7. The number of hydrogen-bond donors (Lipinski definition) is 1. The van der Waals surface area contributed by atoms with Crippen LogP contribution >= 0.6 is 0 Å². The summed E-state index contributed by atoms with van der Waals surface area (Å²) < 4.78 is 16.2. The molecule has 0 heterocycles. The van der Waals surface area contributed by atoms with Crippen LogP contribution < -0.4 is 19.5 Å². The van der Waals surface area contributed by atoms with Crippen LogP contribution in [0.1, 0.15) is 31.2 Å². The molecule has 0 aromatic heterocycles. The Kier molecular flexibility index (Phi) is 5.53. The van der Waals surface area contributed by atoms with Crippen molar-refractivity contribution in [1.82, 2.24) is 5.32 Å². The van der Waals surface area contributed by atoms with Crippen LogP contribution in [0.15, 0.2) is 12.1 Å². The maximum absolute atomic E-state index is 5.49. The van der Waals surface area contributed by atoms with Gasteiger partial charge in [0.25, 0.3) is 0 Å². The number of unbranched alkanes of at least 4 members (excludes halogenated alkanes) is 1. The van der Waals surface area contributed by atoms with Crippen molar-refractivity contribution in [3.05, 3.63) is 17.7 Å². The van der Waals surface area contributed by atoms with Crippen molar-refractivity contribution in [3.8, 4) is 17.2 Å². The van der Waals surface area contributed by atoms with Gasteiger partial charge in [0.15, 0.2) is 11.5 Å². The molecule has 1 aliphatic rings. The van der Waals surface area contributed by atoms with E-state index in [1.165, 1.54) is 24.8 Å². The Morgan fingerprint density at radius 1 is 1.00 bits per heavy atom. The van der Waals surface area contributed by atoms with Gasteiger partial charge in [0.05, 0.1) is 21.3 Å². The zero-order chi connectivity index (χ0) is 14.4. The van der Waals surface area contributed by atoms with E-state index >= 15 is 0 Å². The number of rotatable bonds is 9. The maximum atomic E-state index is 5.49. The van der Waals surface area contributed by atoms with Crippen LogP contribution in [0.2, 0.25) is 0 Å². The maximum Gasteiger partial charge on any atom is 0.203 e. The number of aryl methyl sites for hydroxylation is 1. The topological polar surface area (TPSA) is 39.7 Å². The number of benzene rings is 1. The van der Waals surface area contributed by atoms with Crippen molar-refractivity contribution in [1.29, 1.82) is 0 Å². The lowest BCUT2D eigenvalue weighted by atomic mass is 10.1. The van der Waals surface area contributed by atoms with Gasteiger partial charge in [0.2, 0.25) is 5.75 Å². The minimum absolute atomic E-state index is 0.684. The van der Waals surface area contributed by atoms with Gasteiger partial charge in [-0.3, -0.25) is 0 Å². The van der Waals surface area contributed by atoms with E-state index in [1.807, 2.05) is 6.07 Å². The van der Waals surface area contributed by atoms with Crippen molar-refractivity contribution in [3.63, 3.8) is 0 Å².